The van der Waals surface area contributed by atoms with Gasteiger partial charge in [-0.05, 0) is 44.6 Å². The quantitative estimate of drug-likeness (QED) is 0.687. The third-order valence-corrected chi connectivity index (χ3v) is 2.84. The second-order valence-corrected chi connectivity index (χ2v) is 4.73. The van der Waals surface area contributed by atoms with E-state index in [0.29, 0.717) is 6.04 Å². The molecule has 84 valence electrons. The van der Waals surface area contributed by atoms with Gasteiger partial charge in [-0.15, -0.1) is 0 Å². The summed E-state index contributed by atoms with van der Waals surface area (Å²) in [4.78, 5) is 0. The predicted molar refractivity (Wildman–Crippen MR) is 60.5 cm³/mol. The summed E-state index contributed by atoms with van der Waals surface area (Å²) in [5.41, 5.74) is 0. The summed E-state index contributed by atoms with van der Waals surface area (Å²) in [6.45, 7) is 7.67. The highest BCUT2D eigenvalue weighted by atomic mass is 16.5. The highest BCUT2D eigenvalue weighted by Gasteiger charge is 2.10. The van der Waals surface area contributed by atoms with Crippen molar-refractivity contribution in [3.63, 3.8) is 0 Å². The minimum absolute atomic E-state index is 0.713. The van der Waals surface area contributed by atoms with Crippen molar-refractivity contribution in [3.8, 4) is 0 Å². The lowest BCUT2D eigenvalue weighted by molar-refractivity contribution is 0.142. The summed E-state index contributed by atoms with van der Waals surface area (Å²) in [7, 11) is 0. The Morgan fingerprint density at radius 2 is 2.14 bits per heavy atom. The monoisotopic (exact) mass is 199 g/mol. The van der Waals surface area contributed by atoms with Crippen LogP contribution < -0.4 is 5.32 Å². The van der Waals surface area contributed by atoms with Gasteiger partial charge in [-0.2, -0.15) is 0 Å². The highest BCUT2D eigenvalue weighted by molar-refractivity contribution is 4.69. The second kappa shape index (κ2) is 7.24. The maximum atomic E-state index is 5.43. The molecule has 0 bridgehead atoms. The van der Waals surface area contributed by atoms with E-state index in [1.807, 2.05) is 0 Å². The third-order valence-electron chi connectivity index (χ3n) is 2.84. The van der Waals surface area contributed by atoms with Gasteiger partial charge in [0.05, 0.1) is 0 Å². The Labute approximate surface area is 88.4 Å². The number of hydrogen-bond donors (Lipinski definition) is 1. The molecule has 1 aliphatic rings. The van der Waals surface area contributed by atoms with E-state index in [4.69, 9.17) is 4.74 Å². The minimum Gasteiger partial charge on any atom is -0.381 e. The van der Waals surface area contributed by atoms with E-state index in [2.05, 4.69) is 19.2 Å². The number of ether oxygens (including phenoxy) is 1. The van der Waals surface area contributed by atoms with Gasteiger partial charge in [-0.3, -0.25) is 0 Å². The third kappa shape index (κ3) is 5.61. The molecule has 1 N–H and O–H groups in total. The van der Waals surface area contributed by atoms with Gasteiger partial charge in [0.1, 0.15) is 0 Å². The van der Waals surface area contributed by atoms with Crippen molar-refractivity contribution in [2.75, 3.05) is 19.8 Å². The van der Waals surface area contributed by atoms with Crippen molar-refractivity contribution < 1.29 is 4.74 Å². The van der Waals surface area contributed by atoms with Crippen LogP contribution in [0.15, 0.2) is 0 Å². The maximum Gasteiger partial charge on any atom is 0.0480 e. The molecule has 0 amide bonds. The van der Waals surface area contributed by atoms with Crippen LogP contribution in [0.3, 0.4) is 0 Å². The zero-order valence-electron chi connectivity index (χ0n) is 9.72. The summed E-state index contributed by atoms with van der Waals surface area (Å²) in [5.74, 6) is 0.842. The predicted octanol–water partition coefficient (Wildman–Crippen LogP) is 2.58. The standard InChI is InChI=1S/C12H25NO/c1-11(2)5-3-8-13-12-6-4-9-14-10-7-12/h11-13H,3-10H2,1-2H3. The minimum atomic E-state index is 0.713. The fraction of sp³-hybridized carbons (Fsp3) is 1.00. The van der Waals surface area contributed by atoms with Gasteiger partial charge in [0.2, 0.25) is 0 Å². The number of nitrogens with one attached hydrogen (secondary N) is 1. The van der Waals surface area contributed by atoms with Gasteiger partial charge in [-0.1, -0.05) is 13.8 Å². The zero-order valence-corrected chi connectivity index (χ0v) is 9.72. The van der Waals surface area contributed by atoms with Crippen LogP contribution in [0, 0.1) is 5.92 Å². The molecule has 0 aromatic carbocycles. The molecule has 1 heterocycles. The van der Waals surface area contributed by atoms with E-state index in [0.717, 1.165) is 19.1 Å². The van der Waals surface area contributed by atoms with Crippen LogP contribution in [0.1, 0.15) is 46.0 Å². The zero-order chi connectivity index (χ0) is 10.2. The molecule has 2 nitrogen and oxygen atoms in total. The van der Waals surface area contributed by atoms with Crippen LogP contribution in [-0.4, -0.2) is 25.8 Å². The Bertz CT molecular complexity index is 128. The molecule has 0 saturated carbocycles. The summed E-state index contributed by atoms with van der Waals surface area (Å²) in [6, 6.07) is 0.713. The Hall–Kier alpha value is -0.0800. The molecule has 14 heavy (non-hydrogen) atoms. The maximum absolute atomic E-state index is 5.43. The van der Waals surface area contributed by atoms with Crippen LogP contribution in [-0.2, 0) is 4.74 Å². The molecule has 1 aliphatic heterocycles. The van der Waals surface area contributed by atoms with Crippen molar-refractivity contribution >= 4 is 0 Å². The lowest BCUT2D eigenvalue weighted by atomic mass is 10.1. The first kappa shape index (κ1) is 12.0. The number of rotatable bonds is 5. The van der Waals surface area contributed by atoms with Gasteiger partial charge >= 0.3 is 0 Å². The molecule has 0 radical (unpaired) electrons. The van der Waals surface area contributed by atoms with Crippen molar-refractivity contribution in [1.82, 2.24) is 5.32 Å². The first-order chi connectivity index (χ1) is 6.79. The summed E-state index contributed by atoms with van der Waals surface area (Å²) in [6.07, 6.45) is 6.37. The molecule has 0 aromatic heterocycles. The highest BCUT2D eigenvalue weighted by Crippen LogP contribution is 2.08. The first-order valence-corrected chi connectivity index (χ1v) is 6.10. The Balaban J connectivity index is 1.99. The smallest absolute Gasteiger partial charge is 0.0480 e. The Morgan fingerprint density at radius 1 is 1.29 bits per heavy atom. The van der Waals surface area contributed by atoms with Crippen LogP contribution >= 0.6 is 0 Å². The van der Waals surface area contributed by atoms with E-state index in [1.54, 1.807) is 0 Å². The molecule has 1 rings (SSSR count). The molecule has 1 fully saturated rings. The molecular formula is C12H25NO. The van der Waals surface area contributed by atoms with Crippen LogP contribution in [0.5, 0.6) is 0 Å². The molecule has 0 aliphatic carbocycles. The molecule has 1 unspecified atom stereocenters. The Kier molecular flexibility index (Phi) is 6.20. The molecule has 2 heteroatoms. The van der Waals surface area contributed by atoms with E-state index in [9.17, 15) is 0 Å². The van der Waals surface area contributed by atoms with E-state index in [-0.39, 0.29) is 0 Å². The topological polar surface area (TPSA) is 21.3 Å². The first-order valence-electron chi connectivity index (χ1n) is 6.10. The lowest BCUT2D eigenvalue weighted by Crippen LogP contribution is -2.30. The van der Waals surface area contributed by atoms with E-state index in [1.165, 1.54) is 38.6 Å². The van der Waals surface area contributed by atoms with Gasteiger partial charge in [0, 0.05) is 19.3 Å². The Morgan fingerprint density at radius 3 is 2.93 bits per heavy atom. The summed E-state index contributed by atoms with van der Waals surface area (Å²) < 4.78 is 5.43. The fourth-order valence-corrected chi connectivity index (χ4v) is 1.92. The molecule has 1 saturated heterocycles. The molecule has 0 aromatic rings. The molecular weight excluding hydrogens is 174 g/mol. The van der Waals surface area contributed by atoms with Crippen LogP contribution in [0.2, 0.25) is 0 Å². The van der Waals surface area contributed by atoms with Gasteiger partial charge in [0.15, 0.2) is 0 Å². The fourth-order valence-electron chi connectivity index (χ4n) is 1.92. The largest absolute Gasteiger partial charge is 0.381 e. The van der Waals surface area contributed by atoms with Gasteiger partial charge in [0.25, 0.3) is 0 Å². The van der Waals surface area contributed by atoms with Gasteiger partial charge in [-0.25, -0.2) is 0 Å². The van der Waals surface area contributed by atoms with Crippen LogP contribution in [0.25, 0.3) is 0 Å². The van der Waals surface area contributed by atoms with Crippen molar-refractivity contribution in [1.29, 1.82) is 0 Å². The molecule has 1 atom stereocenters. The number of hydrogen-bond acceptors (Lipinski definition) is 2. The summed E-state index contributed by atoms with van der Waals surface area (Å²) in [5, 5.41) is 3.64. The summed E-state index contributed by atoms with van der Waals surface area (Å²) >= 11 is 0. The average Bonchev–Trinajstić information content (AvgIpc) is 2.40. The van der Waals surface area contributed by atoms with Crippen molar-refractivity contribution in [3.05, 3.63) is 0 Å². The van der Waals surface area contributed by atoms with Crippen LogP contribution in [0.4, 0.5) is 0 Å². The van der Waals surface area contributed by atoms with E-state index < -0.39 is 0 Å². The van der Waals surface area contributed by atoms with Crippen molar-refractivity contribution in [2.45, 2.75) is 52.0 Å². The van der Waals surface area contributed by atoms with E-state index >= 15 is 0 Å². The SMILES string of the molecule is CC(C)CCCNC1CCCOCC1. The van der Waals surface area contributed by atoms with Crippen molar-refractivity contribution in [2.24, 2.45) is 5.92 Å². The normalized spacial score (nSPS) is 23.8. The molecule has 0 spiro atoms. The second-order valence-electron chi connectivity index (χ2n) is 4.73. The lowest BCUT2D eigenvalue weighted by Gasteiger charge is -2.15. The average molecular weight is 199 g/mol. The van der Waals surface area contributed by atoms with Gasteiger partial charge < -0.3 is 10.1 Å².